The van der Waals surface area contributed by atoms with Gasteiger partial charge in [-0.3, -0.25) is 4.55 Å². The molecular formula is C13H14N2O3S. The number of rotatable bonds is 4. The predicted octanol–water partition coefficient (Wildman–Crippen LogP) is 2.49. The lowest BCUT2D eigenvalue weighted by Gasteiger charge is -2.21. The van der Waals surface area contributed by atoms with Crippen molar-refractivity contribution in [3.63, 3.8) is 0 Å². The fourth-order valence-electron chi connectivity index (χ4n) is 1.79. The second-order valence-corrected chi connectivity index (χ2v) is 5.32. The summed E-state index contributed by atoms with van der Waals surface area (Å²) < 4.78 is 30.9. The number of pyridine rings is 1. The van der Waals surface area contributed by atoms with E-state index in [9.17, 15) is 8.42 Å². The summed E-state index contributed by atoms with van der Waals surface area (Å²) in [6.45, 7) is 2.67. The van der Waals surface area contributed by atoms with E-state index < -0.39 is 10.1 Å². The third-order valence-corrected chi connectivity index (χ3v) is 3.56. The summed E-state index contributed by atoms with van der Waals surface area (Å²) in [5.74, 6) is 0.782. The summed E-state index contributed by atoms with van der Waals surface area (Å²) in [4.78, 5) is 6.08. The van der Waals surface area contributed by atoms with Crippen molar-refractivity contribution in [2.45, 2.75) is 11.8 Å². The van der Waals surface area contributed by atoms with Gasteiger partial charge in [0.2, 0.25) is 0 Å². The molecule has 0 fully saturated rings. The topological polar surface area (TPSA) is 70.5 Å². The van der Waals surface area contributed by atoms with Gasteiger partial charge >= 0.3 is 0 Å². The Morgan fingerprint density at radius 2 is 1.84 bits per heavy atom. The quantitative estimate of drug-likeness (QED) is 0.870. The predicted molar refractivity (Wildman–Crippen MR) is 73.2 cm³/mol. The van der Waals surface area contributed by atoms with Crippen LogP contribution >= 0.6 is 0 Å². The fraction of sp³-hybridized carbons (Fsp3) is 0.154. The number of benzene rings is 1. The van der Waals surface area contributed by atoms with Crippen LogP contribution in [-0.4, -0.2) is 24.5 Å². The van der Waals surface area contributed by atoms with Gasteiger partial charge in [0.15, 0.2) is 0 Å². The summed E-state index contributed by atoms with van der Waals surface area (Å²) in [6, 6.07) is 11.6. The Morgan fingerprint density at radius 3 is 2.32 bits per heavy atom. The molecule has 0 unspecified atom stereocenters. The Kier molecular flexibility index (Phi) is 3.82. The number of hydrogen-bond donors (Lipinski definition) is 1. The maximum Gasteiger partial charge on any atom is 0.294 e. The first kappa shape index (κ1) is 13.5. The van der Waals surface area contributed by atoms with Crippen molar-refractivity contribution < 1.29 is 13.0 Å². The van der Waals surface area contributed by atoms with Gasteiger partial charge in [-0.25, -0.2) is 4.98 Å². The lowest BCUT2D eigenvalue weighted by molar-refractivity contribution is 0.483. The van der Waals surface area contributed by atoms with Gasteiger partial charge in [-0.2, -0.15) is 8.42 Å². The number of anilines is 2. The minimum Gasteiger partial charge on any atom is -0.327 e. The van der Waals surface area contributed by atoms with E-state index in [1.807, 2.05) is 30.0 Å². The van der Waals surface area contributed by atoms with Gasteiger partial charge in [0.1, 0.15) is 5.82 Å². The van der Waals surface area contributed by atoms with Crippen LogP contribution in [0.5, 0.6) is 0 Å². The van der Waals surface area contributed by atoms with Gasteiger partial charge in [-0.05, 0) is 43.3 Å². The van der Waals surface area contributed by atoms with E-state index in [0.717, 1.165) is 11.5 Å². The molecule has 0 aliphatic heterocycles. The van der Waals surface area contributed by atoms with Gasteiger partial charge in [0, 0.05) is 18.4 Å². The maximum atomic E-state index is 11.0. The zero-order valence-corrected chi connectivity index (χ0v) is 11.2. The van der Waals surface area contributed by atoms with E-state index in [0.29, 0.717) is 6.54 Å². The molecule has 0 saturated heterocycles. The average molecular weight is 278 g/mol. The summed E-state index contributed by atoms with van der Waals surface area (Å²) in [5.41, 5.74) is 0.814. The normalized spacial score (nSPS) is 11.3. The van der Waals surface area contributed by atoms with Gasteiger partial charge in [0.05, 0.1) is 4.90 Å². The zero-order chi connectivity index (χ0) is 13.9. The molecule has 1 aromatic carbocycles. The molecule has 0 aliphatic carbocycles. The number of aromatic nitrogens is 1. The standard InChI is InChI=1S/C13H14N2O3S/c1-2-15(13-5-3-4-10-14-13)11-6-8-12(9-7-11)19(16,17)18/h3-10H,2H2,1H3,(H,16,17,18). The highest BCUT2D eigenvalue weighted by Gasteiger charge is 2.12. The van der Waals surface area contributed by atoms with E-state index in [2.05, 4.69) is 4.98 Å². The highest BCUT2D eigenvalue weighted by atomic mass is 32.2. The van der Waals surface area contributed by atoms with E-state index in [1.165, 1.54) is 12.1 Å². The van der Waals surface area contributed by atoms with Crippen LogP contribution in [0.2, 0.25) is 0 Å². The first-order valence-corrected chi connectivity index (χ1v) is 7.22. The van der Waals surface area contributed by atoms with Crippen LogP contribution in [0.4, 0.5) is 11.5 Å². The van der Waals surface area contributed by atoms with Crippen LogP contribution in [0, 0.1) is 0 Å². The Balaban J connectivity index is 2.35. The maximum absolute atomic E-state index is 11.0. The zero-order valence-electron chi connectivity index (χ0n) is 10.4. The van der Waals surface area contributed by atoms with Crippen LogP contribution in [0.15, 0.2) is 53.6 Å². The van der Waals surface area contributed by atoms with E-state index in [1.54, 1.807) is 18.3 Å². The van der Waals surface area contributed by atoms with Crippen LogP contribution in [0.3, 0.4) is 0 Å². The second kappa shape index (κ2) is 5.38. The molecular weight excluding hydrogens is 264 g/mol. The smallest absolute Gasteiger partial charge is 0.294 e. The summed E-state index contributed by atoms with van der Waals surface area (Å²) in [5, 5.41) is 0. The minimum atomic E-state index is -4.15. The first-order valence-electron chi connectivity index (χ1n) is 5.78. The first-order chi connectivity index (χ1) is 9.02. The molecule has 0 radical (unpaired) electrons. The molecule has 0 spiro atoms. The van der Waals surface area contributed by atoms with E-state index in [-0.39, 0.29) is 4.90 Å². The van der Waals surface area contributed by atoms with Crippen LogP contribution in [-0.2, 0) is 10.1 Å². The molecule has 19 heavy (non-hydrogen) atoms. The van der Waals surface area contributed by atoms with Crippen molar-refractivity contribution in [3.05, 3.63) is 48.7 Å². The summed E-state index contributed by atoms with van der Waals surface area (Å²) in [7, 11) is -4.15. The van der Waals surface area contributed by atoms with Crippen LogP contribution < -0.4 is 4.90 Å². The molecule has 2 rings (SSSR count). The third-order valence-electron chi connectivity index (χ3n) is 2.69. The van der Waals surface area contributed by atoms with Crippen LogP contribution in [0.1, 0.15) is 6.92 Å². The lowest BCUT2D eigenvalue weighted by atomic mass is 10.3. The summed E-state index contributed by atoms with van der Waals surface area (Å²) in [6.07, 6.45) is 1.70. The lowest BCUT2D eigenvalue weighted by Crippen LogP contribution is -2.17. The van der Waals surface area contributed by atoms with E-state index >= 15 is 0 Å². The largest absolute Gasteiger partial charge is 0.327 e. The Morgan fingerprint density at radius 1 is 1.16 bits per heavy atom. The molecule has 6 heteroatoms. The molecule has 0 aliphatic rings. The van der Waals surface area contributed by atoms with Gasteiger partial charge in [-0.1, -0.05) is 6.07 Å². The highest BCUT2D eigenvalue weighted by molar-refractivity contribution is 7.85. The van der Waals surface area contributed by atoms with Crippen LogP contribution in [0.25, 0.3) is 0 Å². The molecule has 1 heterocycles. The molecule has 0 saturated carbocycles. The molecule has 100 valence electrons. The molecule has 0 amide bonds. The van der Waals surface area contributed by atoms with Gasteiger partial charge < -0.3 is 4.90 Å². The van der Waals surface area contributed by atoms with Crippen molar-refractivity contribution in [2.75, 3.05) is 11.4 Å². The van der Waals surface area contributed by atoms with Crippen molar-refractivity contribution in [1.82, 2.24) is 4.98 Å². The van der Waals surface area contributed by atoms with Crippen molar-refractivity contribution in [1.29, 1.82) is 0 Å². The highest BCUT2D eigenvalue weighted by Crippen LogP contribution is 2.24. The third kappa shape index (κ3) is 3.10. The second-order valence-electron chi connectivity index (χ2n) is 3.90. The number of hydrogen-bond acceptors (Lipinski definition) is 4. The van der Waals surface area contributed by atoms with Crippen molar-refractivity contribution in [3.8, 4) is 0 Å². The fourth-order valence-corrected chi connectivity index (χ4v) is 2.27. The molecule has 0 atom stereocenters. The van der Waals surface area contributed by atoms with E-state index in [4.69, 9.17) is 4.55 Å². The van der Waals surface area contributed by atoms with Crippen molar-refractivity contribution >= 4 is 21.6 Å². The van der Waals surface area contributed by atoms with Gasteiger partial charge in [0.25, 0.3) is 10.1 Å². The minimum absolute atomic E-state index is 0.117. The molecule has 0 bridgehead atoms. The molecule has 1 N–H and O–H groups in total. The summed E-state index contributed by atoms with van der Waals surface area (Å²) >= 11 is 0. The van der Waals surface area contributed by atoms with Crippen molar-refractivity contribution in [2.24, 2.45) is 0 Å². The average Bonchev–Trinajstić information content (AvgIpc) is 2.40. The SMILES string of the molecule is CCN(c1ccc(S(=O)(=O)O)cc1)c1ccccn1. The Labute approximate surface area is 112 Å². The molecule has 5 nitrogen and oxygen atoms in total. The Bertz CT molecular complexity index is 639. The number of nitrogens with zero attached hydrogens (tertiary/aromatic N) is 2. The monoisotopic (exact) mass is 278 g/mol. The Hall–Kier alpha value is -1.92. The molecule has 2 aromatic rings. The molecule has 1 aromatic heterocycles. The van der Waals surface area contributed by atoms with Gasteiger partial charge in [-0.15, -0.1) is 0 Å².